The van der Waals surface area contributed by atoms with Crippen LogP contribution in [0, 0.1) is 0 Å². The fraction of sp³-hybridized carbons (Fsp3) is 1.00. The van der Waals surface area contributed by atoms with Crippen molar-refractivity contribution in [1.82, 2.24) is 0 Å². The Morgan fingerprint density at radius 2 is 1.75 bits per heavy atom. The Labute approximate surface area is 78.4 Å². The van der Waals surface area contributed by atoms with E-state index in [1.165, 1.54) is 32.1 Å². The summed E-state index contributed by atoms with van der Waals surface area (Å²) in [5.74, 6) is 0. The van der Waals surface area contributed by atoms with E-state index >= 15 is 0 Å². The lowest BCUT2D eigenvalue weighted by Gasteiger charge is -1.96. The van der Waals surface area contributed by atoms with E-state index in [1.54, 1.807) is 0 Å². The maximum Gasteiger partial charge on any atom is 0.516 e. The summed E-state index contributed by atoms with van der Waals surface area (Å²) in [5, 5.41) is 0. The number of hydrogen-bond donors (Lipinski definition) is 0. The Kier molecular flexibility index (Phi) is 9.97. The Morgan fingerprint density at radius 1 is 1.17 bits per heavy atom. The SMILES string of the molecule is CCCCCCCCO[P+](=O)P. The molecule has 0 N–H and O–H groups in total. The average Bonchev–Trinajstić information content (AvgIpc) is 2.02. The molecule has 0 fully saturated rings. The lowest BCUT2D eigenvalue weighted by molar-refractivity contribution is 0.325. The molecule has 0 amide bonds. The first-order chi connectivity index (χ1) is 5.77. The summed E-state index contributed by atoms with van der Waals surface area (Å²) in [6.07, 6.45) is 7.47. The topological polar surface area (TPSA) is 26.3 Å². The summed E-state index contributed by atoms with van der Waals surface area (Å²) < 4.78 is 15.4. The molecule has 12 heavy (non-hydrogen) atoms. The van der Waals surface area contributed by atoms with Crippen LogP contribution in [-0.4, -0.2) is 6.61 Å². The lowest BCUT2D eigenvalue weighted by atomic mass is 10.1. The Hall–Kier alpha value is 0.490. The molecular weight excluding hydrogens is 190 g/mol. The van der Waals surface area contributed by atoms with Gasteiger partial charge in [-0.1, -0.05) is 39.0 Å². The maximum absolute atomic E-state index is 10.5. The van der Waals surface area contributed by atoms with Gasteiger partial charge < -0.3 is 0 Å². The van der Waals surface area contributed by atoms with Gasteiger partial charge in [0, 0.05) is 0 Å². The molecule has 0 aromatic carbocycles. The summed E-state index contributed by atoms with van der Waals surface area (Å²) in [6.45, 7) is 2.85. The molecule has 0 aromatic heterocycles. The molecule has 0 radical (unpaired) electrons. The molecule has 4 heteroatoms. The second kappa shape index (κ2) is 9.58. The zero-order valence-electron chi connectivity index (χ0n) is 7.79. The van der Waals surface area contributed by atoms with Gasteiger partial charge in [-0.25, -0.2) is 0 Å². The molecule has 0 spiro atoms. The highest BCUT2D eigenvalue weighted by Crippen LogP contribution is 2.31. The van der Waals surface area contributed by atoms with Gasteiger partial charge in [-0.2, -0.15) is 0 Å². The molecule has 0 heterocycles. The third kappa shape index (κ3) is 10.5. The van der Waals surface area contributed by atoms with Crippen molar-refractivity contribution in [1.29, 1.82) is 0 Å². The van der Waals surface area contributed by atoms with E-state index in [9.17, 15) is 4.57 Å². The quantitative estimate of drug-likeness (QED) is 0.447. The van der Waals surface area contributed by atoms with E-state index in [1.807, 2.05) is 0 Å². The lowest BCUT2D eigenvalue weighted by Crippen LogP contribution is -1.85. The molecule has 0 aliphatic carbocycles. The van der Waals surface area contributed by atoms with Crippen LogP contribution in [0.2, 0.25) is 0 Å². The van der Waals surface area contributed by atoms with Gasteiger partial charge in [0.2, 0.25) is 0 Å². The van der Waals surface area contributed by atoms with E-state index in [4.69, 9.17) is 4.52 Å². The molecule has 0 aliphatic rings. The molecular formula is C8H19O2P2+. The predicted octanol–water partition coefficient (Wildman–Crippen LogP) is 3.90. The molecule has 0 bridgehead atoms. The fourth-order valence-corrected chi connectivity index (χ4v) is 1.66. The van der Waals surface area contributed by atoms with Crippen LogP contribution in [0.15, 0.2) is 0 Å². The minimum atomic E-state index is -1.46. The molecule has 2 unspecified atom stereocenters. The second-order valence-electron chi connectivity index (χ2n) is 2.89. The molecule has 72 valence electrons. The van der Waals surface area contributed by atoms with Gasteiger partial charge in [0.25, 0.3) is 0 Å². The monoisotopic (exact) mass is 209 g/mol. The predicted molar refractivity (Wildman–Crippen MR) is 56.6 cm³/mol. The van der Waals surface area contributed by atoms with Crippen LogP contribution in [0.25, 0.3) is 0 Å². The third-order valence-corrected chi connectivity index (χ3v) is 2.60. The van der Waals surface area contributed by atoms with Gasteiger partial charge >= 0.3 is 7.72 Å². The van der Waals surface area contributed by atoms with Crippen LogP contribution in [0.4, 0.5) is 0 Å². The van der Waals surface area contributed by atoms with Gasteiger partial charge in [0.05, 0.1) is 0 Å². The largest absolute Gasteiger partial charge is 0.516 e. The summed E-state index contributed by atoms with van der Waals surface area (Å²) in [6, 6.07) is 0. The normalized spacial score (nSPS) is 11.7. The first-order valence-electron chi connectivity index (χ1n) is 4.62. The first kappa shape index (κ1) is 12.5. The van der Waals surface area contributed by atoms with Crippen molar-refractivity contribution < 1.29 is 9.09 Å². The van der Waals surface area contributed by atoms with E-state index in [2.05, 4.69) is 15.9 Å². The maximum atomic E-state index is 10.5. The van der Waals surface area contributed by atoms with Crippen molar-refractivity contribution in [3.05, 3.63) is 0 Å². The highest BCUT2D eigenvalue weighted by Gasteiger charge is 2.04. The minimum Gasteiger partial charge on any atom is -0.145 e. The number of unbranched alkanes of at least 4 members (excludes halogenated alkanes) is 5. The highest BCUT2D eigenvalue weighted by atomic mass is 32.0. The fourth-order valence-electron chi connectivity index (χ4n) is 1.04. The number of rotatable bonds is 8. The van der Waals surface area contributed by atoms with E-state index < -0.39 is 7.72 Å². The summed E-state index contributed by atoms with van der Waals surface area (Å²) in [5.41, 5.74) is 0. The molecule has 0 saturated carbocycles. The van der Waals surface area contributed by atoms with Crippen molar-refractivity contribution in [2.45, 2.75) is 45.4 Å². The Balaban J connectivity index is 2.86. The molecule has 0 saturated heterocycles. The first-order valence-corrected chi connectivity index (χ1v) is 7.42. The van der Waals surface area contributed by atoms with Gasteiger partial charge in [-0.3, -0.25) is 0 Å². The molecule has 0 aliphatic heterocycles. The van der Waals surface area contributed by atoms with Crippen molar-refractivity contribution in [2.24, 2.45) is 0 Å². The van der Waals surface area contributed by atoms with Crippen molar-refractivity contribution in [2.75, 3.05) is 6.61 Å². The van der Waals surface area contributed by atoms with Crippen molar-refractivity contribution in [3.8, 4) is 0 Å². The minimum absolute atomic E-state index is 0.644. The number of hydrogen-bond acceptors (Lipinski definition) is 2. The molecule has 2 nitrogen and oxygen atoms in total. The van der Waals surface area contributed by atoms with Crippen molar-refractivity contribution in [3.63, 3.8) is 0 Å². The zero-order chi connectivity index (χ0) is 9.23. The average molecular weight is 209 g/mol. The zero-order valence-corrected chi connectivity index (χ0v) is 9.84. The van der Waals surface area contributed by atoms with Gasteiger partial charge in [0.1, 0.15) is 6.61 Å². The summed E-state index contributed by atoms with van der Waals surface area (Å²) >= 11 is 0. The standard InChI is InChI=1S/C8H19O2P2/c1-2-3-4-5-6-7-8-10-12(9)11/h2-8,11H2,1H3/q+1. The smallest absolute Gasteiger partial charge is 0.145 e. The molecule has 2 atom stereocenters. The Bertz CT molecular complexity index is 118. The second-order valence-corrected chi connectivity index (χ2v) is 4.98. The molecule has 0 rings (SSSR count). The highest BCUT2D eigenvalue weighted by molar-refractivity contribution is 8.03. The third-order valence-electron chi connectivity index (χ3n) is 1.72. The van der Waals surface area contributed by atoms with E-state index in [-0.39, 0.29) is 0 Å². The van der Waals surface area contributed by atoms with E-state index in [0.29, 0.717) is 6.61 Å². The van der Waals surface area contributed by atoms with Crippen LogP contribution in [-0.2, 0) is 9.09 Å². The Morgan fingerprint density at radius 3 is 2.33 bits per heavy atom. The van der Waals surface area contributed by atoms with Crippen molar-refractivity contribution >= 4 is 16.6 Å². The van der Waals surface area contributed by atoms with Gasteiger partial charge in [-0.15, -0.1) is 4.52 Å². The van der Waals surface area contributed by atoms with Crippen LogP contribution < -0.4 is 0 Å². The van der Waals surface area contributed by atoms with Crippen LogP contribution in [0.1, 0.15) is 45.4 Å². The van der Waals surface area contributed by atoms with Gasteiger partial charge in [0.15, 0.2) is 8.93 Å². The van der Waals surface area contributed by atoms with E-state index in [0.717, 1.165) is 6.42 Å². The van der Waals surface area contributed by atoms with Crippen LogP contribution in [0.3, 0.4) is 0 Å². The van der Waals surface area contributed by atoms with Gasteiger partial charge in [-0.05, 0) is 11.0 Å². The van der Waals surface area contributed by atoms with Crippen LogP contribution in [0.5, 0.6) is 0 Å². The molecule has 0 aromatic rings. The summed E-state index contributed by atoms with van der Waals surface area (Å²) in [7, 11) is 0.699. The van der Waals surface area contributed by atoms with Crippen LogP contribution >= 0.6 is 16.6 Å². The summed E-state index contributed by atoms with van der Waals surface area (Å²) in [4.78, 5) is 0.